The van der Waals surface area contributed by atoms with Gasteiger partial charge in [0.15, 0.2) is 11.5 Å². The van der Waals surface area contributed by atoms with Crippen LogP contribution in [0.1, 0.15) is 12.0 Å². The van der Waals surface area contributed by atoms with E-state index < -0.39 is 22.2 Å². The van der Waals surface area contributed by atoms with Crippen LogP contribution in [0.25, 0.3) is 0 Å². The Morgan fingerprint density at radius 2 is 2.09 bits per heavy atom. The number of sulfonamides is 1. The number of benzene rings is 1. The van der Waals surface area contributed by atoms with Gasteiger partial charge >= 0.3 is 6.29 Å². The number of ether oxygens (including phenoxy) is 2. The van der Waals surface area contributed by atoms with E-state index in [-0.39, 0.29) is 42.7 Å². The second kappa shape index (κ2) is 5.31. The van der Waals surface area contributed by atoms with Crippen molar-refractivity contribution < 1.29 is 31.5 Å². The molecule has 2 N–H and O–H groups in total. The van der Waals surface area contributed by atoms with E-state index in [9.17, 15) is 22.0 Å². The molecule has 1 fully saturated rings. The van der Waals surface area contributed by atoms with Gasteiger partial charge in [0, 0.05) is 31.0 Å². The number of amides is 1. The molecule has 0 bridgehead atoms. The summed E-state index contributed by atoms with van der Waals surface area (Å²) in [5.41, 5.74) is 0.365. The molecule has 1 aromatic rings. The number of fused-ring (bicyclic) bond motifs is 1. The minimum absolute atomic E-state index is 0.0303. The number of halogens is 2. The number of carbonyl (C=O) groups is 1. The fraction of sp³-hybridized carbons (Fsp3) is 0.462. The molecule has 1 amide bonds. The summed E-state index contributed by atoms with van der Waals surface area (Å²) in [7, 11) is -3.67. The number of para-hydroxylation sites is 1. The molecule has 0 aromatic heterocycles. The van der Waals surface area contributed by atoms with Gasteiger partial charge in [0.05, 0.1) is 5.75 Å². The highest BCUT2D eigenvalue weighted by atomic mass is 32.2. The van der Waals surface area contributed by atoms with Crippen molar-refractivity contribution in [2.45, 2.75) is 19.3 Å². The summed E-state index contributed by atoms with van der Waals surface area (Å²) < 4.78 is 57.3. The quantitative estimate of drug-likeness (QED) is 0.861. The van der Waals surface area contributed by atoms with E-state index in [0.717, 1.165) is 0 Å². The average Bonchev–Trinajstić information content (AvgIpc) is 2.87. The molecule has 2 heterocycles. The fourth-order valence-corrected chi connectivity index (χ4v) is 3.68. The zero-order valence-corrected chi connectivity index (χ0v) is 12.7. The third-order valence-corrected chi connectivity index (χ3v) is 4.57. The first-order valence-electron chi connectivity index (χ1n) is 6.79. The van der Waals surface area contributed by atoms with E-state index >= 15 is 0 Å². The third kappa shape index (κ3) is 3.53. The number of primary sulfonamides is 1. The van der Waals surface area contributed by atoms with Crippen LogP contribution in [0.4, 0.5) is 8.78 Å². The van der Waals surface area contributed by atoms with Gasteiger partial charge in [0.25, 0.3) is 0 Å². The Kier molecular flexibility index (Phi) is 3.68. The van der Waals surface area contributed by atoms with Gasteiger partial charge in [-0.25, -0.2) is 13.6 Å². The Bertz CT molecular complexity index is 753. The van der Waals surface area contributed by atoms with Crippen molar-refractivity contribution in [2.75, 3.05) is 12.3 Å². The molecule has 10 heteroatoms. The van der Waals surface area contributed by atoms with E-state index in [1.54, 1.807) is 6.07 Å². The molecule has 126 valence electrons. The lowest BCUT2D eigenvalue weighted by molar-refractivity contribution is -0.287. The molecule has 0 saturated carbocycles. The van der Waals surface area contributed by atoms with Gasteiger partial charge in [-0.1, -0.05) is 12.1 Å². The van der Waals surface area contributed by atoms with Crippen LogP contribution in [0.2, 0.25) is 0 Å². The number of hydrogen-bond acceptors (Lipinski definition) is 5. The molecule has 2 aliphatic heterocycles. The molecule has 2 aliphatic rings. The van der Waals surface area contributed by atoms with Gasteiger partial charge in [0.1, 0.15) is 0 Å². The zero-order chi connectivity index (χ0) is 16.8. The summed E-state index contributed by atoms with van der Waals surface area (Å²) in [6.45, 7) is 0.221. The molecule has 23 heavy (non-hydrogen) atoms. The molecular formula is C13H14F2N2O5S. The molecule has 1 atom stereocenters. The standard InChI is InChI=1S/C13H14F2N2O5S/c14-13(15)21-10-3-1-2-9(12(10)22-13)6-17-5-8(4-11(17)18)7-23(16,19)20/h1-3,8H,4-7H2,(H2,16,19,20). The highest BCUT2D eigenvalue weighted by molar-refractivity contribution is 7.89. The van der Waals surface area contributed by atoms with Crippen molar-refractivity contribution in [3.63, 3.8) is 0 Å². The molecular weight excluding hydrogens is 334 g/mol. The van der Waals surface area contributed by atoms with Crippen LogP contribution in [0.5, 0.6) is 11.5 Å². The number of nitrogens with two attached hydrogens (primary N) is 1. The maximum absolute atomic E-state index is 13.1. The number of nitrogens with zero attached hydrogens (tertiary/aromatic N) is 1. The van der Waals surface area contributed by atoms with Gasteiger partial charge in [0.2, 0.25) is 15.9 Å². The lowest BCUT2D eigenvalue weighted by Crippen LogP contribution is -2.28. The van der Waals surface area contributed by atoms with Gasteiger partial charge in [-0.05, 0) is 6.07 Å². The summed E-state index contributed by atoms with van der Waals surface area (Å²) in [4.78, 5) is 13.4. The van der Waals surface area contributed by atoms with E-state index in [2.05, 4.69) is 9.47 Å². The van der Waals surface area contributed by atoms with Crippen LogP contribution in [-0.2, 0) is 21.4 Å². The topological polar surface area (TPSA) is 98.9 Å². The minimum Gasteiger partial charge on any atom is -0.395 e. The molecule has 0 aliphatic carbocycles. The largest absolute Gasteiger partial charge is 0.586 e. The van der Waals surface area contributed by atoms with E-state index in [1.807, 2.05) is 0 Å². The van der Waals surface area contributed by atoms with Crippen LogP contribution < -0.4 is 14.6 Å². The molecule has 1 saturated heterocycles. The molecule has 1 aromatic carbocycles. The average molecular weight is 348 g/mol. The second-order valence-corrected chi connectivity index (χ2v) is 7.24. The predicted molar refractivity (Wildman–Crippen MR) is 74.1 cm³/mol. The highest BCUT2D eigenvalue weighted by Crippen LogP contribution is 2.43. The minimum atomic E-state index is -3.73. The van der Waals surface area contributed by atoms with E-state index in [0.29, 0.717) is 5.56 Å². The SMILES string of the molecule is NS(=O)(=O)CC1CC(=O)N(Cc2cccc3c2OC(F)(F)O3)C1. The van der Waals surface area contributed by atoms with Crippen LogP contribution in [0.15, 0.2) is 18.2 Å². The zero-order valence-electron chi connectivity index (χ0n) is 11.9. The molecule has 3 rings (SSSR count). The number of carbonyl (C=O) groups excluding carboxylic acids is 1. The summed E-state index contributed by atoms with van der Waals surface area (Å²) in [5.74, 6) is -1.17. The summed E-state index contributed by atoms with van der Waals surface area (Å²) in [6, 6.07) is 4.40. The van der Waals surface area contributed by atoms with Crippen LogP contribution >= 0.6 is 0 Å². The summed E-state index contributed by atoms with van der Waals surface area (Å²) >= 11 is 0. The lowest BCUT2D eigenvalue weighted by atomic mass is 10.1. The van der Waals surface area contributed by atoms with Gasteiger partial charge in [-0.15, -0.1) is 8.78 Å². The van der Waals surface area contributed by atoms with Crippen LogP contribution in [0.3, 0.4) is 0 Å². The maximum atomic E-state index is 13.1. The van der Waals surface area contributed by atoms with Gasteiger partial charge in [-0.3, -0.25) is 4.79 Å². The van der Waals surface area contributed by atoms with Crippen LogP contribution in [-0.4, -0.2) is 37.8 Å². The third-order valence-electron chi connectivity index (χ3n) is 3.63. The van der Waals surface area contributed by atoms with E-state index in [4.69, 9.17) is 5.14 Å². The van der Waals surface area contributed by atoms with Gasteiger partial charge in [-0.2, -0.15) is 0 Å². The Hall–Kier alpha value is -1.94. The lowest BCUT2D eigenvalue weighted by Gasteiger charge is -2.17. The van der Waals surface area contributed by atoms with E-state index in [1.165, 1.54) is 17.0 Å². The Labute approximate surface area is 131 Å². The predicted octanol–water partition coefficient (Wildman–Crippen LogP) is 0.645. The monoisotopic (exact) mass is 348 g/mol. The fourth-order valence-electron chi connectivity index (χ4n) is 2.80. The van der Waals surface area contributed by atoms with Crippen molar-refractivity contribution in [3.8, 4) is 11.5 Å². The smallest absolute Gasteiger partial charge is 0.395 e. The number of hydrogen-bond donors (Lipinski definition) is 1. The normalized spacial score (nSPS) is 22.7. The number of likely N-dealkylation sites (tertiary alicyclic amines) is 1. The van der Waals surface area contributed by atoms with Crippen molar-refractivity contribution >= 4 is 15.9 Å². The Morgan fingerprint density at radius 1 is 1.35 bits per heavy atom. The number of rotatable bonds is 4. The summed E-state index contributed by atoms with van der Waals surface area (Å²) in [6.07, 6.45) is -3.68. The number of alkyl halides is 2. The molecule has 0 spiro atoms. The van der Waals surface area contributed by atoms with Crippen molar-refractivity contribution in [3.05, 3.63) is 23.8 Å². The van der Waals surface area contributed by atoms with Gasteiger partial charge < -0.3 is 14.4 Å². The Morgan fingerprint density at radius 3 is 2.78 bits per heavy atom. The highest BCUT2D eigenvalue weighted by Gasteiger charge is 2.44. The second-order valence-electron chi connectivity index (χ2n) is 5.59. The summed E-state index contributed by atoms with van der Waals surface area (Å²) in [5, 5.41) is 4.98. The first kappa shape index (κ1) is 15.9. The molecule has 7 nitrogen and oxygen atoms in total. The molecule has 1 unspecified atom stereocenters. The van der Waals surface area contributed by atoms with Crippen molar-refractivity contribution in [2.24, 2.45) is 11.1 Å². The first-order chi connectivity index (χ1) is 10.6. The Balaban J connectivity index is 1.74. The van der Waals surface area contributed by atoms with Crippen molar-refractivity contribution in [1.29, 1.82) is 0 Å². The first-order valence-corrected chi connectivity index (χ1v) is 8.50. The van der Waals surface area contributed by atoms with Crippen LogP contribution in [0, 0.1) is 5.92 Å². The molecule has 0 radical (unpaired) electrons. The van der Waals surface area contributed by atoms with Crippen molar-refractivity contribution in [1.82, 2.24) is 4.90 Å². The maximum Gasteiger partial charge on any atom is 0.586 e.